The van der Waals surface area contributed by atoms with Crippen molar-refractivity contribution in [2.75, 3.05) is 0 Å². The SMILES string of the molecule is CC(C)c1ccc2c(c1)CC(=O)OC2. The molecule has 1 aromatic carbocycles. The van der Waals surface area contributed by atoms with Gasteiger partial charge in [0, 0.05) is 0 Å². The maximum Gasteiger partial charge on any atom is 0.310 e. The molecule has 0 amide bonds. The fourth-order valence-electron chi connectivity index (χ4n) is 1.68. The molecule has 0 saturated heterocycles. The number of rotatable bonds is 1. The molecule has 0 radical (unpaired) electrons. The van der Waals surface area contributed by atoms with E-state index in [1.165, 1.54) is 5.56 Å². The Morgan fingerprint density at radius 3 is 2.79 bits per heavy atom. The van der Waals surface area contributed by atoms with Gasteiger partial charge in [0.1, 0.15) is 6.61 Å². The van der Waals surface area contributed by atoms with Crippen LogP contribution in [0, 0.1) is 0 Å². The molecule has 1 aliphatic rings. The number of hydrogen-bond acceptors (Lipinski definition) is 2. The summed E-state index contributed by atoms with van der Waals surface area (Å²) in [5.74, 6) is 0.400. The Kier molecular flexibility index (Phi) is 2.28. The second-order valence-electron chi connectivity index (χ2n) is 4.02. The standard InChI is InChI=1S/C12H14O2/c1-8(2)9-3-4-10-7-14-12(13)6-11(10)5-9/h3-5,8H,6-7H2,1-2H3. The van der Waals surface area contributed by atoms with Crippen molar-refractivity contribution in [2.45, 2.75) is 32.8 Å². The number of hydrogen-bond donors (Lipinski definition) is 0. The summed E-state index contributed by atoms with van der Waals surface area (Å²) in [5.41, 5.74) is 3.57. The summed E-state index contributed by atoms with van der Waals surface area (Å²) in [5, 5.41) is 0. The molecule has 1 aliphatic heterocycles. The van der Waals surface area contributed by atoms with Crippen LogP contribution in [0.1, 0.15) is 36.5 Å². The van der Waals surface area contributed by atoms with Gasteiger partial charge in [0.25, 0.3) is 0 Å². The van der Waals surface area contributed by atoms with Crippen LogP contribution < -0.4 is 0 Å². The summed E-state index contributed by atoms with van der Waals surface area (Å²) in [6.07, 6.45) is 0.426. The van der Waals surface area contributed by atoms with E-state index in [0.717, 1.165) is 11.1 Å². The van der Waals surface area contributed by atoms with E-state index in [1.807, 2.05) is 0 Å². The van der Waals surface area contributed by atoms with Crippen molar-refractivity contribution in [1.82, 2.24) is 0 Å². The van der Waals surface area contributed by atoms with Crippen molar-refractivity contribution < 1.29 is 9.53 Å². The lowest BCUT2D eigenvalue weighted by Gasteiger charge is -2.17. The van der Waals surface area contributed by atoms with Crippen LogP contribution in [0.5, 0.6) is 0 Å². The molecule has 0 bridgehead atoms. The van der Waals surface area contributed by atoms with Gasteiger partial charge >= 0.3 is 5.97 Å². The number of carbonyl (C=O) groups is 1. The second kappa shape index (κ2) is 3.45. The Morgan fingerprint density at radius 1 is 1.29 bits per heavy atom. The fraction of sp³-hybridized carbons (Fsp3) is 0.417. The van der Waals surface area contributed by atoms with Crippen molar-refractivity contribution in [3.05, 3.63) is 34.9 Å². The average Bonchev–Trinajstić information content (AvgIpc) is 2.16. The minimum Gasteiger partial charge on any atom is -0.461 e. The lowest BCUT2D eigenvalue weighted by Crippen LogP contribution is -2.16. The first-order valence-corrected chi connectivity index (χ1v) is 4.94. The van der Waals surface area contributed by atoms with Crippen molar-refractivity contribution in [2.24, 2.45) is 0 Å². The summed E-state index contributed by atoms with van der Waals surface area (Å²) >= 11 is 0. The molecular formula is C12H14O2. The quantitative estimate of drug-likeness (QED) is 0.636. The molecule has 2 heteroatoms. The summed E-state index contributed by atoms with van der Waals surface area (Å²) in [6, 6.07) is 6.31. The molecule has 74 valence electrons. The third-order valence-corrected chi connectivity index (χ3v) is 2.62. The highest BCUT2D eigenvalue weighted by molar-refractivity contribution is 5.74. The molecular weight excluding hydrogens is 176 g/mol. The minimum atomic E-state index is -0.113. The van der Waals surface area contributed by atoms with Gasteiger partial charge in [-0.25, -0.2) is 0 Å². The molecule has 14 heavy (non-hydrogen) atoms. The molecule has 0 spiro atoms. The topological polar surface area (TPSA) is 26.3 Å². The van der Waals surface area contributed by atoms with Crippen molar-refractivity contribution in [3.63, 3.8) is 0 Å². The number of benzene rings is 1. The van der Waals surface area contributed by atoms with E-state index in [9.17, 15) is 4.79 Å². The maximum atomic E-state index is 11.1. The highest BCUT2D eigenvalue weighted by Crippen LogP contribution is 2.22. The van der Waals surface area contributed by atoms with Gasteiger partial charge in [-0.05, 0) is 22.6 Å². The van der Waals surface area contributed by atoms with Crippen LogP contribution >= 0.6 is 0 Å². The van der Waals surface area contributed by atoms with Gasteiger partial charge in [-0.2, -0.15) is 0 Å². The first-order chi connectivity index (χ1) is 6.66. The molecule has 0 atom stereocenters. The van der Waals surface area contributed by atoms with E-state index < -0.39 is 0 Å². The normalized spacial score (nSPS) is 15.2. The molecule has 0 N–H and O–H groups in total. The predicted molar refractivity (Wildman–Crippen MR) is 54.0 cm³/mol. The van der Waals surface area contributed by atoms with Crippen LogP contribution in [0.15, 0.2) is 18.2 Å². The molecule has 0 unspecified atom stereocenters. The van der Waals surface area contributed by atoms with E-state index in [1.54, 1.807) is 0 Å². The Bertz CT molecular complexity index is 367. The molecule has 1 heterocycles. The van der Waals surface area contributed by atoms with Gasteiger partial charge in [0.15, 0.2) is 0 Å². The summed E-state index contributed by atoms with van der Waals surface area (Å²) in [4.78, 5) is 11.1. The second-order valence-corrected chi connectivity index (χ2v) is 4.02. The van der Waals surface area contributed by atoms with Gasteiger partial charge in [0.05, 0.1) is 6.42 Å². The van der Waals surface area contributed by atoms with Crippen LogP contribution in [0.2, 0.25) is 0 Å². The van der Waals surface area contributed by atoms with E-state index in [2.05, 4.69) is 32.0 Å². The number of esters is 1. The fourth-order valence-corrected chi connectivity index (χ4v) is 1.68. The zero-order valence-corrected chi connectivity index (χ0v) is 8.54. The van der Waals surface area contributed by atoms with Crippen LogP contribution in [-0.4, -0.2) is 5.97 Å². The zero-order chi connectivity index (χ0) is 10.1. The number of carbonyl (C=O) groups excluding carboxylic acids is 1. The van der Waals surface area contributed by atoms with E-state index in [4.69, 9.17) is 4.74 Å². The maximum absolute atomic E-state index is 11.1. The lowest BCUT2D eigenvalue weighted by atomic mass is 9.95. The molecule has 0 aromatic heterocycles. The zero-order valence-electron chi connectivity index (χ0n) is 8.54. The monoisotopic (exact) mass is 190 g/mol. The van der Waals surface area contributed by atoms with Gasteiger partial charge in [-0.1, -0.05) is 32.0 Å². The Balaban J connectivity index is 2.37. The van der Waals surface area contributed by atoms with Gasteiger partial charge < -0.3 is 4.74 Å². The van der Waals surface area contributed by atoms with Gasteiger partial charge in [0.2, 0.25) is 0 Å². The lowest BCUT2D eigenvalue weighted by molar-refractivity contribution is -0.145. The number of ether oxygens (including phenoxy) is 1. The molecule has 1 aromatic rings. The van der Waals surface area contributed by atoms with E-state index in [0.29, 0.717) is 18.9 Å². The van der Waals surface area contributed by atoms with Crippen LogP contribution in [0.3, 0.4) is 0 Å². The number of cyclic esters (lactones) is 1. The molecule has 0 aliphatic carbocycles. The highest BCUT2D eigenvalue weighted by Gasteiger charge is 2.16. The van der Waals surface area contributed by atoms with Crippen molar-refractivity contribution in [1.29, 1.82) is 0 Å². The molecule has 0 fully saturated rings. The first kappa shape index (κ1) is 9.25. The predicted octanol–water partition coefficient (Wildman–Crippen LogP) is 2.41. The van der Waals surface area contributed by atoms with Crippen molar-refractivity contribution >= 4 is 5.97 Å². The molecule has 2 nitrogen and oxygen atoms in total. The Morgan fingerprint density at radius 2 is 2.07 bits per heavy atom. The van der Waals surface area contributed by atoms with Crippen LogP contribution in [-0.2, 0) is 22.6 Å². The third kappa shape index (κ3) is 1.65. The first-order valence-electron chi connectivity index (χ1n) is 4.94. The summed E-state index contributed by atoms with van der Waals surface area (Å²) in [7, 11) is 0. The summed E-state index contributed by atoms with van der Waals surface area (Å²) in [6.45, 7) is 4.75. The van der Waals surface area contributed by atoms with E-state index >= 15 is 0 Å². The van der Waals surface area contributed by atoms with Crippen LogP contribution in [0.4, 0.5) is 0 Å². The highest BCUT2D eigenvalue weighted by atomic mass is 16.5. The third-order valence-electron chi connectivity index (χ3n) is 2.62. The molecule has 0 saturated carbocycles. The number of fused-ring (bicyclic) bond motifs is 1. The minimum absolute atomic E-state index is 0.113. The Labute approximate surface area is 83.9 Å². The van der Waals surface area contributed by atoms with E-state index in [-0.39, 0.29) is 5.97 Å². The summed E-state index contributed by atoms with van der Waals surface area (Å²) < 4.78 is 4.97. The smallest absolute Gasteiger partial charge is 0.310 e. The average molecular weight is 190 g/mol. The van der Waals surface area contributed by atoms with Gasteiger partial charge in [-0.3, -0.25) is 4.79 Å². The van der Waals surface area contributed by atoms with Crippen molar-refractivity contribution in [3.8, 4) is 0 Å². The van der Waals surface area contributed by atoms with Gasteiger partial charge in [-0.15, -0.1) is 0 Å². The molecule has 2 rings (SSSR count). The largest absolute Gasteiger partial charge is 0.461 e. The Hall–Kier alpha value is -1.31. The van der Waals surface area contributed by atoms with Crippen LogP contribution in [0.25, 0.3) is 0 Å².